The van der Waals surface area contributed by atoms with E-state index in [1.807, 2.05) is 12.4 Å². The van der Waals surface area contributed by atoms with Crippen molar-refractivity contribution in [1.29, 1.82) is 0 Å². The van der Waals surface area contributed by atoms with Crippen LogP contribution in [-0.2, 0) is 10.3 Å². The Hall–Kier alpha value is -2.40. The lowest BCUT2D eigenvalue weighted by Crippen LogP contribution is -2.43. The van der Waals surface area contributed by atoms with Gasteiger partial charge in [-0.3, -0.25) is 4.79 Å². The molecule has 0 radical (unpaired) electrons. The van der Waals surface area contributed by atoms with Crippen molar-refractivity contribution in [1.82, 2.24) is 14.5 Å². The zero-order valence-electron chi connectivity index (χ0n) is 16.1. The zero-order valence-corrected chi connectivity index (χ0v) is 17.7. The van der Waals surface area contributed by atoms with Crippen LogP contribution in [0.3, 0.4) is 0 Å². The summed E-state index contributed by atoms with van der Waals surface area (Å²) >= 11 is 3.56. The number of amides is 1. The third-order valence-electron chi connectivity index (χ3n) is 7.14. The van der Waals surface area contributed by atoms with Gasteiger partial charge in [-0.15, -0.1) is 0 Å². The second-order valence-corrected chi connectivity index (χ2v) is 9.39. The highest BCUT2D eigenvalue weighted by Crippen LogP contribution is 2.50. The molecule has 0 saturated carbocycles. The van der Waals surface area contributed by atoms with Gasteiger partial charge in [-0.05, 0) is 48.9 Å². The van der Waals surface area contributed by atoms with Crippen molar-refractivity contribution in [3.05, 3.63) is 76.5 Å². The van der Waals surface area contributed by atoms with Crippen LogP contribution in [0.5, 0.6) is 0 Å². The van der Waals surface area contributed by atoms with Gasteiger partial charge in [0.05, 0.1) is 6.42 Å². The predicted molar refractivity (Wildman–Crippen MR) is 115 cm³/mol. The van der Waals surface area contributed by atoms with Crippen LogP contribution in [0.15, 0.2) is 65.4 Å². The fourth-order valence-electron chi connectivity index (χ4n) is 5.91. The van der Waals surface area contributed by atoms with E-state index in [1.165, 1.54) is 5.56 Å². The van der Waals surface area contributed by atoms with E-state index in [2.05, 4.69) is 78.9 Å². The van der Waals surface area contributed by atoms with Crippen LogP contribution in [0.2, 0.25) is 0 Å². The molecule has 1 aromatic heterocycles. The van der Waals surface area contributed by atoms with Gasteiger partial charge in [0.1, 0.15) is 11.4 Å². The number of hydrogen-bond acceptors (Lipinski definition) is 2. The number of aromatic nitrogens is 2. The molecule has 2 bridgehead atoms. The Labute approximate surface area is 178 Å². The number of fused-ring (bicyclic) bond motifs is 5. The van der Waals surface area contributed by atoms with Gasteiger partial charge in [0.25, 0.3) is 0 Å². The lowest BCUT2D eigenvalue weighted by Gasteiger charge is -2.35. The highest BCUT2D eigenvalue weighted by molar-refractivity contribution is 9.10. The van der Waals surface area contributed by atoms with E-state index >= 15 is 0 Å². The maximum absolute atomic E-state index is 13.7. The van der Waals surface area contributed by atoms with E-state index in [4.69, 9.17) is 0 Å². The van der Waals surface area contributed by atoms with Gasteiger partial charge in [0.15, 0.2) is 0 Å². The van der Waals surface area contributed by atoms with Crippen LogP contribution in [0.4, 0.5) is 0 Å². The summed E-state index contributed by atoms with van der Waals surface area (Å²) in [5.41, 5.74) is 2.87. The molecule has 1 atom stereocenters. The summed E-state index contributed by atoms with van der Waals surface area (Å²) in [7, 11) is 0. The molecule has 6 rings (SSSR count). The number of carbonyl (C=O) groups is 1. The van der Waals surface area contributed by atoms with Crippen LogP contribution in [-0.4, -0.2) is 32.4 Å². The zero-order chi connectivity index (χ0) is 19.6. The maximum atomic E-state index is 13.7. The van der Waals surface area contributed by atoms with Gasteiger partial charge in [0, 0.05) is 34.5 Å². The number of nitrogens with zero attached hydrogens (tertiary/aromatic N) is 3. The van der Waals surface area contributed by atoms with E-state index in [9.17, 15) is 4.79 Å². The van der Waals surface area contributed by atoms with Gasteiger partial charge in [-0.1, -0.05) is 52.3 Å². The molecular formula is C24H22BrN3O. The van der Waals surface area contributed by atoms with Gasteiger partial charge < -0.3 is 9.47 Å². The van der Waals surface area contributed by atoms with Gasteiger partial charge in [-0.2, -0.15) is 0 Å². The average Bonchev–Trinajstić information content (AvgIpc) is 3.51. The van der Waals surface area contributed by atoms with Crippen LogP contribution >= 0.6 is 15.9 Å². The van der Waals surface area contributed by atoms with E-state index < -0.39 is 5.54 Å². The summed E-state index contributed by atoms with van der Waals surface area (Å²) < 4.78 is 3.26. The summed E-state index contributed by atoms with van der Waals surface area (Å²) in [5.74, 6) is 1.22. The molecular weight excluding hydrogens is 426 g/mol. The molecule has 1 amide bonds. The Morgan fingerprint density at radius 3 is 2.45 bits per heavy atom. The summed E-state index contributed by atoms with van der Waals surface area (Å²) in [5, 5.41) is 0. The molecule has 2 aromatic carbocycles. The van der Waals surface area contributed by atoms with E-state index in [0.29, 0.717) is 18.5 Å². The van der Waals surface area contributed by atoms with E-state index in [1.54, 1.807) is 0 Å². The standard InChI is InChI=1S/C24H22BrN3O/c25-17-7-5-16(6-8-17)24(15-22(29)28-18-9-10-19(28)12-11-18)21-4-2-1-3-20(21)23-26-13-14-27(23)24/h1-8,13-14,18-19H,9-12,15H2/t18-,19-,24?. The predicted octanol–water partition coefficient (Wildman–Crippen LogP) is 4.96. The molecule has 4 nitrogen and oxygen atoms in total. The molecule has 3 aromatic rings. The number of halogens is 1. The van der Waals surface area contributed by atoms with Gasteiger partial charge >= 0.3 is 0 Å². The Balaban J connectivity index is 1.54. The molecule has 0 aliphatic carbocycles. The fourth-order valence-corrected chi connectivity index (χ4v) is 6.18. The molecule has 5 heteroatoms. The summed E-state index contributed by atoms with van der Waals surface area (Å²) in [6.45, 7) is 0. The maximum Gasteiger partial charge on any atom is 0.226 e. The van der Waals surface area contributed by atoms with E-state index in [0.717, 1.165) is 47.1 Å². The average molecular weight is 448 g/mol. The Kier molecular flexibility index (Phi) is 3.79. The minimum atomic E-state index is -0.553. The van der Waals surface area contributed by atoms with Gasteiger partial charge in [0.2, 0.25) is 5.91 Å². The van der Waals surface area contributed by atoms with Crippen LogP contribution in [0.25, 0.3) is 11.4 Å². The molecule has 0 N–H and O–H groups in total. The molecule has 29 heavy (non-hydrogen) atoms. The normalized spacial score (nSPS) is 26.6. The highest BCUT2D eigenvalue weighted by atomic mass is 79.9. The molecule has 2 fully saturated rings. The van der Waals surface area contributed by atoms with Crippen molar-refractivity contribution in [3.8, 4) is 11.4 Å². The lowest BCUT2D eigenvalue weighted by molar-refractivity contribution is -0.133. The molecule has 0 spiro atoms. The number of rotatable bonds is 3. The Bertz CT molecular complexity index is 1090. The first kappa shape index (κ1) is 17.5. The molecule has 3 aliphatic heterocycles. The van der Waals surface area contributed by atoms with Crippen molar-refractivity contribution in [2.45, 2.75) is 49.7 Å². The van der Waals surface area contributed by atoms with Crippen molar-refractivity contribution >= 4 is 21.8 Å². The third kappa shape index (κ3) is 2.37. The molecule has 146 valence electrons. The smallest absolute Gasteiger partial charge is 0.226 e. The Morgan fingerprint density at radius 1 is 1.03 bits per heavy atom. The monoisotopic (exact) mass is 447 g/mol. The number of carbonyl (C=O) groups excluding carboxylic acids is 1. The van der Waals surface area contributed by atoms with Crippen LogP contribution in [0.1, 0.15) is 43.2 Å². The number of imidazole rings is 1. The molecule has 1 unspecified atom stereocenters. The second-order valence-electron chi connectivity index (χ2n) is 8.47. The van der Waals surface area contributed by atoms with Crippen molar-refractivity contribution in [2.75, 3.05) is 0 Å². The first-order valence-electron chi connectivity index (χ1n) is 10.4. The summed E-state index contributed by atoms with van der Waals surface area (Å²) in [6.07, 6.45) is 8.96. The summed E-state index contributed by atoms with van der Waals surface area (Å²) in [4.78, 5) is 20.6. The first-order valence-corrected chi connectivity index (χ1v) is 11.2. The summed E-state index contributed by atoms with van der Waals surface area (Å²) in [6, 6.07) is 17.7. The third-order valence-corrected chi connectivity index (χ3v) is 7.66. The van der Waals surface area contributed by atoms with Crippen LogP contribution < -0.4 is 0 Å². The minimum absolute atomic E-state index is 0.272. The highest BCUT2D eigenvalue weighted by Gasteiger charge is 2.50. The van der Waals surface area contributed by atoms with E-state index in [-0.39, 0.29) is 5.91 Å². The Morgan fingerprint density at radius 2 is 1.72 bits per heavy atom. The largest absolute Gasteiger partial charge is 0.337 e. The van der Waals surface area contributed by atoms with Crippen molar-refractivity contribution in [2.24, 2.45) is 0 Å². The van der Waals surface area contributed by atoms with Crippen molar-refractivity contribution < 1.29 is 4.79 Å². The number of benzene rings is 2. The topological polar surface area (TPSA) is 38.1 Å². The van der Waals surface area contributed by atoms with Crippen molar-refractivity contribution in [3.63, 3.8) is 0 Å². The first-order chi connectivity index (χ1) is 14.2. The van der Waals surface area contributed by atoms with Crippen LogP contribution in [0, 0.1) is 0 Å². The number of hydrogen-bond donors (Lipinski definition) is 0. The molecule has 3 aliphatic rings. The SMILES string of the molecule is O=C(CC1(c2ccc(Br)cc2)c2ccccc2-c2nccn21)N1[C@H]2CC[C@H]1CC2. The fraction of sp³-hybridized carbons (Fsp3) is 0.333. The molecule has 4 heterocycles. The minimum Gasteiger partial charge on any atom is -0.337 e. The quantitative estimate of drug-likeness (QED) is 0.568. The lowest BCUT2D eigenvalue weighted by atomic mass is 9.79. The molecule has 2 saturated heterocycles. The van der Waals surface area contributed by atoms with Gasteiger partial charge in [-0.25, -0.2) is 4.98 Å². The second kappa shape index (κ2) is 6.30.